The molecule has 1 aromatic rings. The first kappa shape index (κ1) is 22.1. The lowest BCUT2D eigenvalue weighted by Gasteiger charge is -2.37. The molecule has 2 saturated carbocycles. The Kier molecular flexibility index (Phi) is 8.78. The monoisotopic (exact) mass is 398 g/mol. The van der Waals surface area contributed by atoms with Crippen LogP contribution in [-0.2, 0) is 0 Å². The summed E-state index contributed by atoms with van der Waals surface area (Å²) in [6.45, 7) is 2.29. The molecule has 0 aliphatic heterocycles. The lowest BCUT2D eigenvalue weighted by molar-refractivity contribution is 0.151. The highest BCUT2D eigenvalue weighted by atomic mass is 19.2. The predicted molar refractivity (Wildman–Crippen MR) is 117 cm³/mol. The van der Waals surface area contributed by atoms with Crippen LogP contribution in [0.3, 0.4) is 0 Å². The van der Waals surface area contributed by atoms with Crippen LogP contribution in [-0.4, -0.2) is 0 Å². The van der Waals surface area contributed by atoms with Crippen molar-refractivity contribution in [2.24, 2.45) is 23.7 Å². The van der Waals surface area contributed by atoms with Crippen molar-refractivity contribution >= 4 is 0 Å². The molecular formula is C27H36F2. The Morgan fingerprint density at radius 1 is 0.897 bits per heavy atom. The van der Waals surface area contributed by atoms with Crippen molar-refractivity contribution in [1.29, 1.82) is 0 Å². The Balaban J connectivity index is 1.37. The van der Waals surface area contributed by atoms with Crippen molar-refractivity contribution in [3.05, 3.63) is 47.5 Å². The van der Waals surface area contributed by atoms with E-state index in [1.807, 2.05) is 6.08 Å². The van der Waals surface area contributed by atoms with Crippen LogP contribution in [0.25, 0.3) is 0 Å². The molecule has 2 aliphatic carbocycles. The van der Waals surface area contributed by atoms with E-state index in [2.05, 4.69) is 24.8 Å². The van der Waals surface area contributed by atoms with Gasteiger partial charge in [-0.1, -0.05) is 63.4 Å². The van der Waals surface area contributed by atoms with Crippen LogP contribution in [0.15, 0.2) is 30.4 Å². The van der Waals surface area contributed by atoms with E-state index in [4.69, 9.17) is 0 Å². The summed E-state index contributed by atoms with van der Waals surface area (Å²) in [6, 6.07) is 3.80. The average molecular weight is 399 g/mol. The highest BCUT2D eigenvalue weighted by Crippen LogP contribution is 2.42. The maximum absolute atomic E-state index is 13.2. The van der Waals surface area contributed by atoms with E-state index in [9.17, 15) is 8.78 Å². The molecule has 1 aromatic carbocycles. The first-order chi connectivity index (χ1) is 14.2. The fourth-order valence-electron chi connectivity index (χ4n) is 5.32. The van der Waals surface area contributed by atoms with Gasteiger partial charge in [0.15, 0.2) is 11.6 Å². The van der Waals surface area contributed by atoms with Crippen molar-refractivity contribution in [1.82, 2.24) is 0 Å². The van der Waals surface area contributed by atoms with Gasteiger partial charge in [0.05, 0.1) is 0 Å². The number of unbranched alkanes of at least 4 members (excludes halogenated alkanes) is 2. The van der Waals surface area contributed by atoms with E-state index in [0.29, 0.717) is 11.5 Å². The molecule has 0 radical (unpaired) electrons. The third-order valence-electron chi connectivity index (χ3n) is 7.18. The second-order valence-electron chi connectivity index (χ2n) is 9.21. The molecule has 0 nitrogen and oxygen atoms in total. The van der Waals surface area contributed by atoms with E-state index >= 15 is 0 Å². The molecule has 158 valence electrons. The maximum atomic E-state index is 13.2. The van der Waals surface area contributed by atoms with Crippen LogP contribution >= 0.6 is 0 Å². The lowest BCUT2D eigenvalue weighted by atomic mass is 9.68. The largest absolute Gasteiger partial charge is 0.204 e. The average Bonchev–Trinajstić information content (AvgIpc) is 2.75. The first-order valence-electron chi connectivity index (χ1n) is 11.8. The zero-order valence-corrected chi connectivity index (χ0v) is 17.9. The van der Waals surface area contributed by atoms with E-state index < -0.39 is 11.6 Å². The molecule has 0 saturated heterocycles. The molecular weight excluding hydrogens is 362 g/mol. The number of rotatable bonds is 6. The standard InChI is InChI=1S/C27H36F2/c1-2-3-4-7-21-10-15-24(16-11-21)25-17-12-22(13-18-25)8-5-6-9-23-14-19-26(28)27(29)20-23/h5,8,14,19-22,24-25H,2-4,7,10-13,15-18H2,1H3. The van der Waals surface area contributed by atoms with Crippen molar-refractivity contribution in [2.45, 2.75) is 84.0 Å². The van der Waals surface area contributed by atoms with Gasteiger partial charge in [0.2, 0.25) is 0 Å². The van der Waals surface area contributed by atoms with Crippen LogP contribution in [0.5, 0.6) is 0 Å². The van der Waals surface area contributed by atoms with E-state index in [0.717, 1.165) is 29.9 Å². The SMILES string of the molecule is CCCCCC1CCC(C2CCC(C=CC#Cc3ccc(F)c(F)c3)CC2)CC1. The first-order valence-corrected chi connectivity index (χ1v) is 11.8. The van der Waals surface area contributed by atoms with Gasteiger partial charge in [0.25, 0.3) is 0 Å². The van der Waals surface area contributed by atoms with Gasteiger partial charge in [-0.05, 0) is 86.5 Å². The molecule has 2 fully saturated rings. The zero-order valence-electron chi connectivity index (χ0n) is 17.9. The summed E-state index contributed by atoms with van der Waals surface area (Å²) >= 11 is 0. The van der Waals surface area contributed by atoms with Gasteiger partial charge in [-0.2, -0.15) is 0 Å². The molecule has 0 atom stereocenters. The third-order valence-corrected chi connectivity index (χ3v) is 7.18. The number of halogens is 2. The summed E-state index contributed by atoms with van der Waals surface area (Å²) in [5, 5.41) is 0. The molecule has 0 amide bonds. The van der Waals surface area contributed by atoms with Gasteiger partial charge in [-0.3, -0.25) is 0 Å². The van der Waals surface area contributed by atoms with E-state index in [1.54, 1.807) is 0 Å². The Hall–Kier alpha value is -1.62. The van der Waals surface area contributed by atoms with Gasteiger partial charge in [0, 0.05) is 5.56 Å². The highest BCUT2D eigenvalue weighted by Gasteiger charge is 2.30. The minimum Gasteiger partial charge on any atom is -0.204 e. The Bertz CT molecular complexity index is 708. The molecule has 0 spiro atoms. The summed E-state index contributed by atoms with van der Waals surface area (Å²) in [5.74, 6) is 7.73. The van der Waals surface area contributed by atoms with Crippen molar-refractivity contribution in [3.63, 3.8) is 0 Å². The number of hydrogen-bond donors (Lipinski definition) is 0. The predicted octanol–water partition coefficient (Wildman–Crippen LogP) is 8.07. The quantitative estimate of drug-likeness (QED) is 0.336. The van der Waals surface area contributed by atoms with Gasteiger partial charge >= 0.3 is 0 Å². The summed E-state index contributed by atoms with van der Waals surface area (Å²) < 4.78 is 26.1. The van der Waals surface area contributed by atoms with E-state index in [1.165, 1.54) is 83.1 Å². The smallest absolute Gasteiger partial charge is 0.160 e. The number of hydrogen-bond acceptors (Lipinski definition) is 0. The zero-order chi connectivity index (χ0) is 20.5. The topological polar surface area (TPSA) is 0 Å². The molecule has 0 aromatic heterocycles. The minimum absolute atomic E-state index is 0.516. The summed E-state index contributed by atoms with van der Waals surface area (Å²) in [6.07, 6.45) is 20.9. The fourth-order valence-corrected chi connectivity index (χ4v) is 5.32. The van der Waals surface area contributed by atoms with Crippen LogP contribution in [0, 0.1) is 47.1 Å². The van der Waals surface area contributed by atoms with Crippen LogP contribution in [0.1, 0.15) is 89.5 Å². The van der Waals surface area contributed by atoms with Crippen molar-refractivity contribution in [2.75, 3.05) is 0 Å². The van der Waals surface area contributed by atoms with Crippen LogP contribution < -0.4 is 0 Å². The molecule has 3 rings (SSSR count). The van der Waals surface area contributed by atoms with Crippen LogP contribution in [0.4, 0.5) is 8.78 Å². The number of benzene rings is 1. The van der Waals surface area contributed by atoms with E-state index in [-0.39, 0.29) is 0 Å². The molecule has 2 heteroatoms. The molecule has 0 unspecified atom stereocenters. The van der Waals surface area contributed by atoms with Gasteiger partial charge < -0.3 is 0 Å². The molecule has 0 N–H and O–H groups in total. The van der Waals surface area contributed by atoms with Crippen molar-refractivity contribution in [3.8, 4) is 11.8 Å². The minimum atomic E-state index is -0.839. The molecule has 29 heavy (non-hydrogen) atoms. The normalized spacial score (nSPS) is 27.6. The second-order valence-corrected chi connectivity index (χ2v) is 9.21. The maximum Gasteiger partial charge on any atom is 0.160 e. The highest BCUT2D eigenvalue weighted by molar-refractivity contribution is 5.37. The fraction of sp³-hybridized carbons (Fsp3) is 0.630. The summed E-state index contributed by atoms with van der Waals surface area (Å²) in [7, 11) is 0. The number of allylic oxidation sites excluding steroid dienone is 2. The van der Waals surface area contributed by atoms with Gasteiger partial charge in [0.1, 0.15) is 0 Å². The summed E-state index contributed by atoms with van der Waals surface area (Å²) in [5.41, 5.74) is 0.516. The van der Waals surface area contributed by atoms with Crippen LogP contribution in [0.2, 0.25) is 0 Å². The Morgan fingerprint density at radius 2 is 1.59 bits per heavy atom. The van der Waals surface area contributed by atoms with Gasteiger partial charge in [-0.15, -0.1) is 0 Å². The lowest BCUT2D eigenvalue weighted by Crippen LogP contribution is -2.25. The third kappa shape index (κ3) is 6.98. The Labute approximate surface area is 176 Å². The summed E-state index contributed by atoms with van der Waals surface area (Å²) in [4.78, 5) is 0. The molecule has 2 aliphatic rings. The van der Waals surface area contributed by atoms with Crippen molar-refractivity contribution < 1.29 is 8.78 Å². The second kappa shape index (κ2) is 11.5. The molecule has 0 heterocycles. The molecule has 0 bridgehead atoms. The Morgan fingerprint density at radius 3 is 2.24 bits per heavy atom. The van der Waals surface area contributed by atoms with Gasteiger partial charge in [-0.25, -0.2) is 8.78 Å².